The molecule has 2 aromatic carbocycles. The highest BCUT2D eigenvalue weighted by Crippen LogP contribution is 2.47. The zero-order valence-corrected chi connectivity index (χ0v) is 22.0. The van der Waals surface area contributed by atoms with E-state index in [0.717, 1.165) is 31.2 Å². The van der Waals surface area contributed by atoms with Crippen LogP contribution in [0.2, 0.25) is 0 Å². The Morgan fingerprint density at radius 2 is 1.44 bits per heavy atom. The van der Waals surface area contributed by atoms with E-state index in [9.17, 15) is 9.59 Å². The maximum atomic E-state index is 14.3. The van der Waals surface area contributed by atoms with Crippen LogP contribution < -0.4 is 18.9 Å². The normalized spacial score (nSPS) is 19.9. The fraction of sp³-hybridized carbons (Fsp3) is 0.500. The van der Waals surface area contributed by atoms with Gasteiger partial charge in [-0.1, -0.05) is 25.3 Å². The Labute approximate surface area is 213 Å². The molecule has 4 rings (SSSR count). The van der Waals surface area contributed by atoms with Crippen molar-refractivity contribution in [3.8, 4) is 23.0 Å². The van der Waals surface area contributed by atoms with Gasteiger partial charge >= 0.3 is 0 Å². The van der Waals surface area contributed by atoms with Crippen molar-refractivity contribution in [3.63, 3.8) is 0 Å². The molecule has 2 aromatic rings. The summed E-state index contributed by atoms with van der Waals surface area (Å²) in [6.45, 7) is 0. The minimum Gasteiger partial charge on any atom is -0.493 e. The summed E-state index contributed by atoms with van der Waals surface area (Å²) in [5.41, 5.74) is 1.88. The highest BCUT2D eigenvalue weighted by molar-refractivity contribution is 6.02. The lowest BCUT2D eigenvalue weighted by Crippen LogP contribution is -2.48. The Kier molecular flexibility index (Phi) is 7.62. The highest BCUT2D eigenvalue weighted by atomic mass is 16.5. The number of ether oxygens (including phenoxy) is 4. The quantitative estimate of drug-likeness (QED) is 0.565. The number of fused-ring (bicyclic) bond motifs is 1. The molecule has 0 radical (unpaired) electrons. The Hall–Kier alpha value is -3.42. The van der Waals surface area contributed by atoms with Gasteiger partial charge in [0, 0.05) is 25.7 Å². The van der Waals surface area contributed by atoms with E-state index in [1.807, 2.05) is 30.1 Å². The van der Waals surface area contributed by atoms with Gasteiger partial charge < -0.3 is 28.7 Å². The van der Waals surface area contributed by atoms with Crippen molar-refractivity contribution in [2.24, 2.45) is 0 Å². The van der Waals surface area contributed by atoms with Crippen LogP contribution in [-0.2, 0) is 4.79 Å². The third kappa shape index (κ3) is 4.45. The summed E-state index contributed by atoms with van der Waals surface area (Å²) < 4.78 is 22.0. The molecule has 1 aliphatic heterocycles. The molecule has 194 valence electrons. The summed E-state index contributed by atoms with van der Waals surface area (Å²) in [4.78, 5) is 31.5. The summed E-state index contributed by atoms with van der Waals surface area (Å²) in [7, 11) is 9.87. The average Bonchev–Trinajstić information content (AvgIpc) is 2.93. The lowest BCUT2D eigenvalue weighted by atomic mass is 9.78. The molecule has 1 fully saturated rings. The van der Waals surface area contributed by atoms with E-state index in [-0.39, 0.29) is 17.9 Å². The molecule has 2 unspecified atom stereocenters. The van der Waals surface area contributed by atoms with E-state index >= 15 is 0 Å². The van der Waals surface area contributed by atoms with Crippen LogP contribution in [0.4, 0.5) is 0 Å². The largest absolute Gasteiger partial charge is 0.493 e. The van der Waals surface area contributed by atoms with Crippen molar-refractivity contribution >= 4 is 11.8 Å². The number of methoxy groups -OCH3 is 4. The second-order valence-corrected chi connectivity index (χ2v) is 9.49. The smallest absolute Gasteiger partial charge is 0.254 e. The monoisotopic (exact) mass is 496 g/mol. The summed E-state index contributed by atoms with van der Waals surface area (Å²) in [5.74, 6) is 1.23. The van der Waals surface area contributed by atoms with Crippen molar-refractivity contribution in [3.05, 3.63) is 47.0 Å². The van der Waals surface area contributed by atoms with Gasteiger partial charge in [-0.15, -0.1) is 0 Å². The molecule has 1 aliphatic carbocycles. The summed E-state index contributed by atoms with van der Waals surface area (Å²) in [6, 6.07) is 8.65. The summed E-state index contributed by atoms with van der Waals surface area (Å²) in [6.07, 6.45) is 5.42. The second-order valence-electron chi connectivity index (χ2n) is 9.49. The third-order valence-electron chi connectivity index (χ3n) is 7.66. The van der Waals surface area contributed by atoms with Gasteiger partial charge in [-0.25, -0.2) is 0 Å². The molecule has 1 heterocycles. The van der Waals surface area contributed by atoms with E-state index in [1.165, 1.54) is 13.5 Å². The van der Waals surface area contributed by atoms with Crippen molar-refractivity contribution < 1.29 is 28.5 Å². The van der Waals surface area contributed by atoms with Gasteiger partial charge in [-0.3, -0.25) is 9.59 Å². The predicted octanol–water partition coefficient (Wildman–Crippen LogP) is 4.42. The number of benzene rings is 2. The Morgan fingerprint density at radius 3 is 2.06 bits per heavy atom. The molecular formula is C28H36N2O6. The summed E-state index contributed by atoms with van der Waals surface area (Å²) in [5, 5.41) is 0. The van der Waals surface area contributed by atoms with Gasteiger partial charge in [0.1, 0.15) is 0 Å². The molecular weight excluding hydrogens is 460 g/mol. The fourth-order valence-electron chi connectivity index (χ4n) is 5.64. The van der Waals surface area contributed by atoms with Gasteiger partial charge in [0.25, 0.3) is 5.91 Å². The number of carbonyl (C=O) groups excluding carboxylic acids is 2. The van der Waals surface area contributed by atoms with Crippen LogP contribution in [-0.4, -0.2) is 70.2 Å². The van der Waals surface area contributed by atoms with Crippen LogP contribution in [0, 0.1) is 0 Å². The molecule has 0 bridgehead atoms. The van der Waals surface area contributed by atoms with Crippen LogP contribution >= 0.6 is 0 Å². The molecule has 0 aromatic heterocycles. The number of likely N-dealkylation sites (N-methyl/N-ethyl adjacent to an activating group) is 2. The maximum Gasteiger partial charge on any atom is 0.254 e. The van der Waals surface area contributed by atoms with Crippen molar-refractivity contribution in [1.82, 2.24) is 9.80 Å². The SMILES string of the molecule is COc1ccc(C2C(C(=O)N(C)C3CCCCC3)c3cc(OC)c(OC)cc3C(=O)N2C)cc1OC. The van der Waals surface area contributed by atoms with Crippen molar-refractivity contribution in [2.45, 2.75) is 50.1 Å². The first kappa shape index (κ1) is 25.7. The molecule has 36 heavy (non-hydrogen) atoms. The fourth-order valence-corrected chi connectivity index (χ4v) is 5.64. The topological polar surface area (TPSA) is 77.5 Å². The first-order chi connectivity index (χ1) is 17.4. The predicted molar refractivity (Wildman–Crippen MR) is 136 cm³/mol. The minimum absolute atomic E-state index is 0.0190. The molecule has 2 atom stereocenters. The minimum atomic E-state index is -0.632. The first-order valence-electron chi connectivity index (χ1n) is 12.4. The van der Waals surface area contributed by atoms with Gasteiger partial charge in [0.2, 0.25) is 5.91 Å². The van der Waals surface area contributed by atoms with Crippen LogP contribution in [0.1, 0.15) is 65.5 Å². The highest BCUT2D eigenvalue weighted by Gasteiger charge is 2.45. The summed E-state index contributed by atoms with van der Waals surface area (Å²) >= 11 is 0. The molecule has 8 heteroatoms. The van der Waals surface area contributed by atoms with E-state index in [4.69, 9.17) is 18.9 Å². The zero-order valence-electron chi connectivity index (χ0n) is 22.0. The number of rotatable bonds is 7. The number of hydrogen-bond acceptors (Lipinski definition) is 6. The van der Waals surface area contributed by atoms with Gasteiger partial charge in [-0.05, 0) is 48.2 Å². The van der Waals surface area contributed by atoms with Crippen molar-refractivity contribution in [1.29, 1.82) is 0 Å². The van der Waals surface area contributed by atoms with Crippen molar-refractivity contribution in [2.75, 3.05) is 42.5 Å². The number of carbonyl (C=O) groups is 2. The van der Waals surface area contributed by atoms with Crippen LogP contribution in [0.5, 0.6) is 23.0 Å². The van der Waals surface area contributed by atoms with E-state index in [1.54, 1.807) is 45.4 Å². The number of hydrogen-bond donors (Lipinski definition) is 0. The van der Waals surface area contributed by atoms with E-state index in [2.05, 4.69) is 0 Å². The van der Waals surface area contributed by atoms with Crippen LogP contribution in [0.3, 0.4) is 0 Å². The standard InChI is InChI=1S/C28H36N2O6/c1-29(18-10-8-7-9-11-18)28(32)25-19-15-23(35-5)24(36-6)16-20(19)27(31)30(2)26(25)17-12-13-21(33-3)22(14-17)34-4/h12-16,18,25-26H,7-11H2,1-6H3. The Balaban J connectivity index is 1.89. The first-order valence-corrected chi connectivity index (χ1v) is 12.4. The lowest BCUT2D eigenvalue weighted by molar-refractivity contribution is -0.135. The van der Waals surface area contributed by atoms with Crippen LogP contribution in [0.25, 0.3) is 0 Å². The molecule has 0 N–H and O–H groups in total. The molecule has 2 aliphatic rings. The number of amides is 2. The van der Waals surface area contributed by atoms with E-state index in [0.29, 0.717) is 34.1 Å². The molecule has 2 amide bonds. The van der Waals surface area contributed by atoms with Gasteiger partial charge in [0.05, 0.1) is 40.4 Å². The third-order valence-corrected chi connectivity index (χ3v) is 7.66. The zero-order chi connectivity index (χ0) is 26.0. The molecule has 0 spiro atoms. The van der Waals surface area contributed by atoms with E-state index < -0.39 is 12.0 Å². The lowest BCUT2D eigenvalue weighted by Gasteiger charge is -2.43. The average molecular weight is 497 g/mol. The molecule has 0 saturated heterocycles. The maximum absolute atomic E-state index is 14.3. The van der Waals surface area contributed by atoms with Gasteiger partial charge in [-0.2, -0.15) is 0 Å². The Morgan fingerprint density at radius 1 is 0.861 bits per heavy atom. The van der Waals surface area contributed by atoms with Crippen LogP contribution in [0.15, 0.2) is 30.3 Å². The second kappa shape index (κ2) is 10.7. The Bertz CT molecular complexity index is 1130. The molecule has 8 nitrogen and oxygen atoms in total. The van der Waals surface area contributed by atoms with Gasteiger partial charge in [0.15, 0.2) is 23.0 Å². The number of nitrogens with zero attached hydrogens (tertiary/aromatic N) is 2. The molecule has 1 saturated carbocycles.